The number of aromatic nitrogens is 2. The number of benzene rings is 1. The van der Waals surface area contributed by atoms with E-state index in [-0.39, 0.29) is 24.0 Å². The maximum absolute atomic E-state index is 5.04. The highest BCUT2D eigenvalue weighted by Crippen LogP contribution is 2.07. The average molecular weight is 443 g/mol. The molecule has 0 bridgehead atoms. The Bertz CT molecular complexity index is 584. The molecule has 2 N–H and O–H groups in total. The molecule has 7 heteroatoms. The minimum atomic E-state index is 0. The molecule has 0 spiro atoms. The summed E-state index contributed by atoms with van der Waals surface area (Å²) in [6.45, 7) is 5.78. The highest BCUT2D eigenvalue weighted by Gasteiger charge is 1.99. The highest BCUT2D eigenvalue weighted by molar-refractivity contribution is 14.0. The molecule has 0 aliphatic heterocycles. The number of guanidine groups is 1. The van der Waals surface area contributed by atoms with E-state index in [0.29, 0.717) is 13.2 Å². The number of imidazole rings is 1. The van der Waals surface area contributed by atoms with Crippen molar-refractivity contribution in [3.8, 4) is 0 Å². The van der Waals surface area contributed by atoms with Crippen molar-refractivity contribution in [2.45, 2.75) is 20.0 Å². The first-order chi connectivity index (χ1) is 11.3. The molecule has 0 aliphatic rings. The van der Waals surface area contributed by atoms with E-state index < -0.39 is 0 Å². The van der Waals surface area contributed by atoms with Crippen molar-refractivity contribution in [1.29, 1.82) is 0 Å². The first-order valence-electron chi connectivity index (χ1n) is 7.86. The molecule has 2 rings (SSSR count). The van der Waals surface area contributed by atoms with Gasteiger partial charge >= 0.3 is 0 Å². The van der Waals surface area contributed by atoms with Crippen LogP contribution in [0.1, 0.15) is 18.1 Å². The molecule has 132 valence electrons. The summed E-state index contributed by atoms with van der Waals surface area (Å²) in [6, 6.07) is 8.51. The number of nitrogens with zero attached hydrogens (tertiary/aromatic N) is 3. The van der Waals surface area contributed by atoms with Crippen LogP contribution in [-0.2, 0) is 17.8 Å². The van der Waals surface area contributed by atoms with Gasteiger partial charge in [-0.2, -0.15) is 0 Å². The zero-order valence-corrected chi connectivity index (χ0v) is 16.6. The lowest BCUT2D eigenvalue weighted by Gasteiger charge is -2.11. The highest BCUT2D eigenvalue weighted by atomic mass is 127. The first kappa shape index (κ1) is 20.4. The van der Waals surface area contributed by atoms with Crippen molar-refractivity contribution in [2.75, 3.05) is 26.8 Å². The van der Waals surface area contributed by atoms with Gasteiger partial charge in [0.15, 0.2) is 5.96 Å². The maximum Gasteiger partial charge on any atom is 0.191 e. The van der Waals surface area contributed by atoms with E-state index in [1.54, 1.807) is 13.3 Å². The molecule has 0 saturated heterocycles. The van der Waals surface area contributed by atoms with Crippen LogP contribution >= 0.6 is 24.0 Å². The van der Waals surface area contributed by atoms with Gasteiger partial charge in [0, 0.05) is 39.1 Å². The van der Waals surface area contributed by atoms with Crippen LogP contribution in [0.2, 0.25) is 0 Å². The van der Waals surface area contributed by atoms with Crippen molar-refractivity contribution in [3.05, 3.63) is 54.1 Å². The molecule has 6 nitrogen and oxygen atoms in total. The fourth-order valence-corrected chi connectivity index (χ4v) is 2.12. The number of methoxy groups -OCH3 is 1. The Hall–Kier alpha value is -1.61. The lowest BCUT2D eigenvalue weighted by molar-refractivity contribution is 0.203. The molecule has 0 radical (unpaired) electrons. The number of hydrogen-bond donors (Lipinski definition) is 2. The molecule has 2 aromatic rings. The van der Waals surface area contributed by atoms with Gasteiger partial charge in [-0.15, -0.1) is 24.0 Å². The predicted octanol–water partition coefficient (Wildman–Crippen LogP) is 2.25. The average Bonchev–Trinajstić information content (AvgIpc) is 3.07. The fourth-order valence-electron chi connectivity index (χ4n) is 2.12. The summed E-state index contributed by atoms with van der Waals surface area (Å²) in [6.07, 6.45) is 5.58. The summed E-state index contributed by atoms with van der Waals surface area (Å²) in [5.41, 5.74) is 2.43. The van der Waals surface area contributed by atoms with Gasteiger partial charge in [-0.3, -0.25) is 0 Å². The van der Waals surface area contributed by atoms with E-state index >= 15 is 0 Å². The largest absolute Gasteiger partial charge is 0.383 e. The van der Waals surface area contributed by atoms with Crippen LogP contribution in [0.15, 0.2) is 48.0 Å². The summed E-state index contributed by atoms with van der Waals surface area (Å²) >= 11 is 0. The Labute approximate surface area is 160 Å². The maximum atomic E-state index is 5.04. The fraction of sp³-hybridized carbons (Fsp3) is 0.412. The van der Waals surface area contributed by atoms with Crippen molar-refractivity contribution >= 4 is 29.9 Å². The van der Waals surface area contributed by atoms with Crippen LogP contribution < -0.4 is 10.6 Å². The van der Waals surface area contributed by atoms with Gasteiger partial charge in [-0.25, -0.2) is 9.98 Å². The third-order valence-electron chi connectivity index (χ3n) is 3.31. The Morgan fingerprint density at radius 2 is 1.96 bits per heavy atom. The van der Waals surface area contributed by atoms with E-state index in [1.165, 1.54) is 11.1 Å². The zero-order chi connectivity index (χ0) is 16.3. The first-order valence-corrected chi connectivity index (χ1v) is 7.86. The van der Waals surface area contributed by atoms with E-state index in [1.807, 2.05) is 12.5 Å². The van der Waals surface area contributed by atoms with Gasteiger partial charge in [0.1, 0.15) is 0 Å². The number of aliphatic imine (C=N–C) groups is 1. The van der Waals surface area contributed by atoms with Crippen molar-refractivity contribution < 1.29 is 4.74 Å². The molecule has 1 aromatic heterocycles. The molecule has 0 amide bonds. The summed E-state index contributed by atoms with van der Waals surface area (Å²) in [4.78, 5) is 8.64. The van der Waals surface area contributed by atoms with Gasteiger partial charge in [-0.1, -0.05) is 24.3 Å². The van der Waals surface area contributed by atoms with Gasteiger partial charge < -0.3 is 19.9 Å². The number of ether oxygens (including phenoxy) is 1. The Kier molecular flexibility index (Phi) is 10.1. The van der Waals surface area contributed by atoms with E-state index in [2.05, 4.69) is 56.4 Å². The van der Waals surface area contributed by atoms with Crippen LogP contribution in [0.3, 0.4) is 0 Å². The zero-order valence-electron chi connectivity index (χ0n) is 14.2. The molecule has 24 heavy (non-hydrogen) atoms. The third-order valence-corrected chi connectivity index (χ3v) is 3.31. The van der Waals surface area contributed by atoms with Crippen molar-refractivity contribution in [1.82, 2.24) is 20.2 Å². The SMILES string of the molecule is CCNC(=NCc1ccc(Cn2ccnc2)cc1)NCCOC.I. The molecule has 0 aliphatic carbocycles. The predicted molar refractivity (Wildman–Crippen MR) is 108 cm³/mol. The minimum Gasteiger partial charge on any atom is -0.383 e. The topological polar surface area (TPSA) is 63.5 Å². The summed E-state index contributed by atoms with van der Waals surface area (Å²) in [7, 11) is 1.69. The van der Waals surface area contributed by atoms with Crippen LogP contribution in [0.5, 0.6) is 0 Å². The van der Waals surface area contributed by atoms with Crippen molar-refractivity contribution in [2.24, 2.45) is 4.99 Å². The summed E-state index contributed by atoms with van der Waals surface area (Å²) in [5, 5.41) is 6.46. The van der Waals surface area contributed by atoms with Crippen LogP contribution in [-0.4, -0.2) is 42.3 Å². The second-order valence-electron chi connectivity index (χ2n) is 5.17. The molecule has 0 unspecified atom stereocenters. The van der Waals surface area contributed by atoms with E-state index in [9.17, 15) is 0 Å². The molecular formula is C17H26IN5O. The van der Waals surface area contributed by atoms with Gasteiger partial charge in [0.05, 0.1) is 19.5 Å². The quantitative estimate of drug-likeness (QED) is 0.285. The van der Waals surface area contributed by atoms with Crippen LogP contribution in [0, 0.1) is 0 Å². The second-order valence-corrected chi connectivity index (χ2v) is 5.17. The minimum absolute atomic E-state index is 0. The van der Waals surface area contributed by atoms with Crippen molar-refractivity contribution in [3.63, 3.8) is 0 Å². The van der Waals surface area contributed by atoms with E-state index in [4.69, 9.17) is 4.74 Å². The Morgan fingerprint density at radius 3 is 2.58 bits per heavy atom. The van der Waals surface area contributed by atoms with E-state index in [0.717, 1.165) is 25.6 Å². The van der Waals surface area contributed by atoms with Crippen LogP contribution in [0.25, 0.3) is 0 Å². The molecule has 0 saturated carbocycles. The molecule has 1 heterocycles. The summed E-state index contributed by atoms with van der Waals surface area (Å²) in [5.74, 6) is 0.812. The Balaban J connectivity index is 0.00000288. The number of hydrogen-bond acceptors (Lipinski definition) is 3. The standard InChI is InChI=1S/C17H25N5O.HI/c1-3-19-17(20-9-11-23-2)21-12-15-4-6-16(7-5-15)13-22-10-8-18-14-22;/h4-8,10,14H,3,9,11-13H2,1-2H3,(H2,19,20,21);1H. The normalized spacial score (nSPS) is 11.0. The molecule has 0 atom stereocenters. The summed E-state index contributed by atoms with van der Waals surface area (Å²) < 4.78 is 7.09. The smallest absolute Gasteiger partial charge is 0.191 e. The number of halogens is 1. The molecule has 0 fully saturated rings. The number of nitrogens with one attached hydrogen (secondary N) is 2. The second kappa shape index (κ2) is 11.9. The molecular weight excluding hydrogens is 417 g/mol. The lowest BCUT2D eigenvalue weighted by Crippen LogP contribution is -2.38. The molecule has 1 aromatic carbocycles. The number of rotatable bonds is 8. The van der Waals surface area contributed by atoms with Gasteiger partial charge in [0.2, 0.25) is 0 Å². The Morgan fingerprint density at radius 1 is 1.21 bits per heavy atom. The third kappa shape index (κ3) is 7.31. The van der Waals surface area contributed by atoms with Gasteiger partial charge in [0.25, 0.3) is 0 Å². The van der Waals surface area contributed by atoms with Crippen LogP contribution in [0.4, 0.5) is 0 Å². The van der Waals surface area contributed by atoms with Gasteiger partial charge in [-0.05, 0) is 18.1 Å². The monoisotopic (exact) mass is 443 g/mol. The lowest BCUT2D eigenvalue weighted by atomic mass is 10.1.